The van der Waals surface area contributed by atoms with Gasteiger partial charge in [-0.15, -0.1) is 0 Å². The Bertz CT molecular complexity index is 694. The monoisotopic (exact) mass is 276 g/mol. The Hall–Kier alpha value is -2.41. The topological polar surface area (TPSA) is 98.3 Å². The predicted molar refractivity (Wildman–Crippen MR) is 75.9 cm³/mol. The molecule has 0 fully saturated rings. The normalized spacial score (nSPS) is 10.9. The highest BCUT2D eigenvalue weighted by Gasteiger charge is 2.08. The second-order valence-corrected chi connectivity index (χ2v) is 4.74. The van der Waals surface area contributed by atoms with E-state index in [4.69, 9.17) is 5.11 Å². The van der Waals surface area contributed by atoms with Crippen LogP contribution in [0.25, 0.3) is 10.8 Å². The summed E-state index contributed by atoms with van der Waals surface area (Å²) < 4.78 is 0. The summed E-state index contributed by atoms with van der Waals surface area (Å²) in [6, 6.07) is 5.10. The molecule has 3 N–H and O–H groups in total. The highest BCUT2D eigenvalue weighted by Crippen LogP contribution is 2.19. The second kappa shape index (κ2) is 5.70. The van der Waals surface area contributed by atoms with Crippen molar-refractivity contribution >= 4 is 22.4 Å². The highest BCUT2D eigenvalue weighted by molar-refractivity contribution is 5.87. The molecular formula is C13H16N4O3. The molecule has 0 aliphatic carbocycles. The number of fused-ring (bicyclic) bond motifs is 1. The van der Waals surface area contributed by atoms with Gasteiger partial charge in [-0.25, -0.2) is 5.10 Å². The maximum Gasteiger partial charge on any atom is 0.322 e. The number of carboxylic acids is 1. The number of hydrogen-bond donors (Lipinski definition) is 3. The molecule has 0 saturated heterocycles. The van der Waals surface area contributed by atoms with Gasteiger partial charge in [-0.1, -0.05) is 0 Å². The number of benzene rings is 1. The molecule has 0 aliphatic rings. The molecule has 0 saturated carbocycles. The van der Waals surface area contributed by atoms with E-state index in [9.17, 15) is 9.59 Å². The summed E-state index contributed by atoms with van der Waals surface area (Å²) in [6.07, 6.45) is 0. The smallest absolute Gasteiger partial charge is 0.322 e. The van der Waals surface area contributed by atoms with E-state index in [1.807, 2.05) is 19.0 Å². The maximum atomic E-state index is 11.7. The van der Waals surface area contributed by atoms with E-state index in [0.717, 1.165) is 11.1 Å². The highest BCUT2D eigenvalue weighted by atomic mass is 16.4. The minimum absolute atomic E-state index is 0.175. The van der Waals surface area contributed by atoms with Crippen molar-refractivity contribution in [2.75, 3.05) is 26.0 Å². The van der Waals surface area contributed by atoms with Gasteiger partial charge in [0.1, 0.15) is 6.54 Å². The van der Waals surface area contributed by atoms with E-state index in [2.05, 4.69) is 15.5 Å². The van der Waals surface area contributed by atoms with Crippen molar-refractivity contribution in [3.63, 3.8) is 0 Å². The fourth-order valence-corrected chi connectivity index (χ4v) is 1.93. The van der Waals surface area contributed by atoms with Crippen molar-refractivity contribution in [2.24, 2.45) is 0 Å². The van der Waals surface area contributed by atoms with Crippen molar-refractivity contribution < 1.29 is 9.90 Å². The number of nitrogens with one attached hydrogen (secondary N) is 2. The summed E-state index contributed by atoms with van der Waals surface area (Å²) in [7, 11) is 3.82. The Morgan fingerprint density at radius 3 is 2.80 bits per heavy atom. The lowest BCUT2D eigenvalue weighted by Gasteiger charge is -2.11. The molecule has 20 heavy (non-hydrogen) atoms. The Labute approximate surface area is 115 Å². The number of aromatic amines is 1. The van der Waals surface area contributed by atoms with Gasteiger partial charge < -0.3 is 15.3 Å². The van der Waals surface area contributed by atoms with Crippen LogP contribution in [-0.4, -0.2) is 46.8 Å². The van der Waals surface area contributed by atoms with Crippen molar-refractivity contribution in [1.82, 2.24) is 15.1 Å². The molecule has 1 aromatic carbocycles. The van der Waals surface area contributed by atoms with E-state index in [1.54, 1.807) is 18.2 Å². The molecule has 0 atom stereocenters. The third-order valence-corrected chi connectivity index (χ3v) is 2.78. The molecule has 0 aliphatic heterocycles. The molecule has 7 nitrogen and oxygen atoms in total. The molecule has 2 aromatic rings. The average molecular weight is 276 g/mol. The van der Waals surface area contributed by atoms with Crippen molar-refractivity contribution in [2.45, 2.75) is 6.54 Å². The standard InChI is InChI=1S/C13H16N4O3/c1-17(2)7-11-10-5-8(14-6-12(18)19)3-4-9(10)13(20)16-15-11/h3-5,14H,6-7H2,1-2H3,(H,16,20)(H,18,19). The van der Waals surface area contributed by atoms with Gasteiger partial charge in [-0.3, -0.25) is 9.59 Å². The SMILES string of the molecule is CN(C)Cc1n[nH]c(=O)c2ccc(NCC(=O)O)cc12. The summed E-state index contributed by atoms with van der Waals surface area (Å²) in [5, 5.41) is 19.2. The van der Waals surface area contributed by atoms with Gasteiger partial charge in [0.2, 0.25) is 0 Å². The Morgan fingerprint density at radius 2 is 2.15 bits per heavy atom. The number of anilines is 1. The van der Waals surface area contributed by atoms with Crippen molar-refractivity contribution in [1.29, 1.82) is 0 Å². The first-order chi connectivity index (χ1) is 9.47. The molecule has 0 bridgehead atoms. The van der Waals surface area contributed by atoms with Gasteiger partial charge in [0, 0.05) is 17.6 Å². The molecular weight excluding hydrogens is 260 g/mol. The van der Waals surface area contributed by atoms with Crippen LogP contribution in [0.4, 0.5) is 5.69 Å². The van der Waals surface area contributed by atoms with Gasteiger partial charge in [0.25, 0.3) is 5.56 Å². The number of rotatable bonds is 5. The largest absolute Gasteiger partial charge is 0.480 e. The first-order valence-corrected chi connectivity index (χ1v) is 6.09. The van der Waals surface area contributed by atoms with E-state index in [1.165, 1.54) is 0 Å². The zero-order valence-electron chi connectivity index (χ0n) is 11.3. The predicted octanol–water partition coefficient (Wildman–Crippen LogP) is 0.481. The summed E-state index contributed by atoms with van der Waals surface area (Å²) >= 11 is 0. The molecule has 0 spiro atoms. The van der Waals surface area contributed by atoms with E-state index >= 15 is 0 Å². The Kier molecular flexibility index (Phi) is 3.99. The van der Waals surface area contributed by atoms with Gasteiger partial charge in [-0.05, 0) is 32.3 Å². The third kappa shape index (κ3) is 3.12. The van der Waals surface area contributed by atoms with E-state index in [-0.39, 0.29) is 12.1 Å². The van der Waals surface area contributed by atoms with E-state index in [0.29, 0.717) is 17.6 Å². The Balaban J connectivity index is 2.47. The number of aliphatic carboxylic acids is 1. The molecule has 0 unspecified atom stereocenters. The average Bonchev–Trinajstić information content (AvgIpc) is 2.39. The third-order valence-electron chi connectivity index (χ3n) is 2.78. The lowest BCUT2D eigenvalue weighted by atomic mass is 10.1. The van der Waals surface area contributed by atoms with Crippen LogP contribution in [0.1, 0.15) is 5.69 Å². The fourth-order valence-electron chi connectivity index (χ4n) is 1.93. The van der Waals surface area contributed by atoms with Crippen LogP contribution < -0.4 is 10.9 Å². The summed E-state index contributed by atoms with van der Waals surface area (Å²) in [4.78, 5) is 24.3. The summed E-state index contributed by atoms with van der Waals surface area (Å²) in [5.41, 5.74) is 1.13. The Morgan fingerprint density at radius 1 is 1.40 bits per heavy atom. The van der Waals surface area contributed by atoms with Crippen molar-refractivity contribution in [3.05, 3.63) is 34.2 Å². The van der Waals surface area contributed by atoms with Crippen LogP contribution >= 0.6 is 0 Å². The van der Waals surface area contributed by atoms with Crippen LogP contribution in [0.2, 0.25) is 0 Å². The summed E-state index contributed by atoms with van der Waals surface area (Å²) in [5.74, 6) is -0.942. The number of H-pyrrole nitrogens is 1. The zero-order valence-corrected chi connectivity index (χ0v) is 11.3. The lowest BCUT2D eigenvalue weighted by molar-refractivity contribution is -0.134. The van der Waals surface area contributed by atoms with Crippen LogP contribution in [0, 0.1) is 0 Å². The second-order valence-electron chi connectivity index (χ2n) is 4.74. The molecule has 2 rings (SSSR count). The van der Waals surface area contributed by atoms with Crippen LogP contribution in [0.15, 0.2) is 23.0 Å². The first-order valence-electron chi connectivity index (χ1n) is 6.09. The molecule has 1 aromatic heterocycles. The summed E-state index contributed by atoms with van der Waals surface area (Å²) in [6.45, 7) is 0.404. The molecule has 7 heteroatoms. The van der Waals surface area contributed by atoms with Crippen LogP contribution in [0.3, 0.4) is 0 Å². The van der Waals surface area contributed by atoms with E-state index < -0.39 is 5.97 Å². The minimum atomic E-state index is -0.942. The fraction of sp³-hybridized carbons (Fsp3) is 0.308. The van der Waals surface area contributed by atoms with Crippen LogP contribution in [-0.2, 0) is 11.3 Å². The number of carboxylic acid groups (broad SMARTS) is 1. The first kappa shape index (κ1) is 14.0. The van der Waals surface area contributed by atoms with Gasteiger partial charge in [0.05, 0.1) is 11.1 Å². The van der Waals surface area contributed by atoms with Crippen molar-refractivity contribution in [3.8, 4) is 0 Å². The number of aromatic nitrogens is 2. The number of hydrogen-bond acceptors (Lipinski definition) is 5. The quantitative estimate of drug-likeness (QED) is 0.735. The molecule has 0 amide bonds. The number of nitrogens with zero attached hydrogens (tertiary/aromatic N) is 2. The lowest BCUT2D eigenvalue weighted by Crippen LogP contribution is -2.17. The maximum absolute atomic E-state index is 11.7. The molecule has 106 valence electrons. The molecule has 1 heterocycles. The zero-order chi connectivity index (χ0) is 14.7. The van der Waals surface area contributed by atoms with Crippen LogP contribution in [0.5, 0.6) is 0 Å². The minimum Gasteiger partial charge on any atom is -0.480 e. The molecule has 0 radical (unpaired) electrons. The number of carbonyl (C=O) groups is 1. The van der Waals surface area contributed by atoms with Gasteiger partial charge in [-0.2, -0.15) is 5.10 Å². The van der Waals surface area contributed by atoms with Gasteiger partial charge in [0.15, 0.2) is 0 Å². The van der Waals surface area contributed by atoms with Gasteiger partial charge >= 0.3 is 5.97 Å².